The maximum Gasteiger partial charge on any atom is 0.244 e. The Bertz CT molecular complexity index is 985. The first-order chi connectivity index (χ1) is 13.6. The largest absolute Gasteiger partial charge is 0.493 e. The predicted octanol–water partition coefficient (Wildman–Crippen LogP) is 2.15. The molecule has 0 saturated carbocycles. The lowest BCUT2D eigenvalue weighted by atomic mass is 10.2. The van der Waals surface area contributed by atoms with E-state index in [2.05, 4.69) is 20.8 Å². The van der Waals surface area contributed by atoms with Crippen LogP contribution in [0, 0.1) is 5.82 Å². The monoisotopic (exact) mass is 383 g/mol. The summed E-state index contributed by atoms with van der Waals surface area (Å²) in [5.74, 6) is 0.926. The van der Waals surface area contributed by atoms with E-state index in [0.29, 0.717) is 23.0 Å². The molecular formula is C19H18FN5O3. The van der Waals surface area contributed by atoms with Crippen molar-refractivity contribution in [3.05, 3.63) is 65.7 Å². The third-order valence-corrected chi connectivity index (χ3v) is 3.86. The maximum absolute atomic E-state index is 13.1. The average Bonchev–Trinajstić information content (AvgIpc) is 3.19. The highest BCUT2D eigenvalue weighted by atomic mass is 19.1. The van der Waals surface area contributed by atoms with Crippen LogP contribution >= 0.6 is 0 Å². The molecule has 0 atom stereocenters. The van der Waals surface area contributed by atoms with Gasteiger partial charge in [-0.15, -0.1) is 5.10 Å². The first-order valence-corrected chi connectivity index (χ1v) is 8.32. The number of nitrogens with zero attached hydrogens (tertiary/aromatic N) is 4. The van der Waals surface area contributed by atoms with Crippen molar-refractivity contribution in [1.82, 2.24) is 25.5 Å². The maximum atomic E-state index is 13.1. The Morgan fingerprint density at radius 3 is 2.61 bits per heavy atom. The van der Waals surface area contributed by atoms with Crippen LogP contribution in [-0.2, 0) is 11.3 Å². The highest BCUT2D eigenvalue weighted by Crippen LogP contribution is 2.27. The van der Waals surface area contributed by atoms with Crippen LogP contribution in [-0.4, -0.2) is 40.3 Å². The van der Waals surface area contributed by atoms with E-state index in [0.717, 1.165) is 5.56 Å². The number of rotatable bonds is 7. The summed E-state index contributed by atoms with van der Waals surface area (Å²) < 4.78 is 24.9. The highest BCUT2D eigenvalue weighted by molar-refractivity contribution is 5.91. The van der Waals surface area contributed by atoms with Gasteiger partial charge in [-0.1, -0.05) is 6.07 Å². The zero-order valence-electron chi connectivity index (χ0n) is 15.3. The van der Waals surface area contributed by atoms with Gasteiger partial charge in [-0.05, 0) is 58.5 Å². The Kier molecular flexibility index (Phi) is 5.95. The Morgan fingerprint density at radius 1 is 1.14 bits per heavy atom. The number of halogens is 1. The van der Waals surface area contributed by atoms with Crippen molar-refractivity contribution in [2.24, 2.45) is 0 Å². The molecule has 8 nitrogen and oxygen atoms in total. The van der Waals surface area contributed by atoms with Crippen LogP contribution < -0.4 is 14.8 Å². The number of amides is 1. The van der Waals surface area contributed by atoms with Crippen LogP contribution in [0.25, 0.3) is 11.8 Å². The standard InChI is InChI=1S/C19H18FN5O3/c1-27-16-9-3-13(11-17(16)28-2)4-10-19(26)21-12-18-22-23-24-25(18)15-7-5-14(20)6-8-15/h3-11H,12H2,1-2H3,(H,21,26)/b10-4-. The van der Waals surface area contributed by atoms with Crippen molar-refractivity contribution in [3.8, 4) is 17.2 Å². The molecule has 0 aliphatic heterocycles. The summed E-state index contributed by atoms with van der Waals surface area (Å²) in [6, 6.07) is 11.0. The van der Waals surface area contributed by atoms with Crippen LogP contribution in [0.5, 0.6) is 11.5 Å². The smallest absolute Gasteiger partial charge is 0.244 e. The lowest BCUT2D eigenvalue weighted by molar-refractivity contribution is -0.116. The molecule has 0 aliphatic carbocycles. The normalized spacial score (nSPS) is 10.8. The van der Waals surface area contributed by atoms with Crippen molar-refractivity contribution in [1.29, 1.82) is 0 Å². The van der Waals surface area contributed by atoms with Gasteiger partial charge in [-0.25, -0.2) is 4.39 Å². The zero-order chi connectivity index (χ0) is 19.9. The second kappa shape index (κ2) is 8.76. The Hall–Kier alpha value is -3.75. The predicted molar refractivity (Wildman–Crippen MR) is 99.5 cm³/mol. The third kappa shape index (κ3) is 4.50. The van der Waals surface area contributed by atoms with Crippen LogP contribution in [0.2, 0.25) is 0 Å². The van der Waals surface area contributed by atoms with Crippen molar-refractivity contribution in [2.75, 3.05) is 14.2 Å². The van der Waals surface area contributed by atoms with Gasteiger partial charge in [0.25, 0.3) is 0 Å². The minimum Gasteiger partial charge on any atom is -0.493 e. The fourth-order valence-corrected chi connectivity index (χ4v) is 2.45. The van der Waals surface area contributed by atoms with E-state index in [1.165, 1.54) is 22.9 Å². The summed E-state index contributed by atoms with van der Waals surface area (Å²) in [7, 11) is 3.10. The molecule has 0 unspecified atom stereocenters. The molecule has 0 aliphatic rings. The van der Waals surface area contributed by atoms with Crippen LogP contribution in [0.3, 0.4) is 0 Å². The Morgan fingerprint density at radius 2 is 1.89 bits per heavy atom. The number of tetrazole rings is 1. The zero-order valence-corrected chi connectivity index (χ0v) is 15.3. The molecular weight excluding hydrogens is 365 g/mol. The second-order valence-corrected chi connectivity index (χ2v) is 5.65. The van der Waals surface area contributed by atoms with Gasteiger partial charge in [0.05, 0.1) is 26.5 Å². The van der Waals surface area contributed by atoms with Gasteiger partial charge >= 0.3 is 0 Å². The minimum absolute atomic E-state index is 0.111. The van der Waals surface area contributed by atoms with Crippen molar-refractivity contribution >= 4 is 12.0 Å². The number of ether oxygens (including phenoxy) is 2. The topological polar surface area (TPSA) is 91.2 Å². The molecule has 1 heterocycles. The van der Waals surface area contributed by atoms with E-state index in [4.69, 9.17) is 9.47 Å². The van der Waals surface area contributed by atoms with E-state index < -0.39 is 0 Å². The van der Waals surface area contributed by atoms with Crippen molar-refractivity contribution in [2.45, 2.75) is 6.54 Å². The van der Waals surface area contributed by atoms with Gasteiger partial charge < -0.3 is 14.8 Å². The van der Waals surface area contributed by atoms with Crippen molar-refractivity contribution in [3.63, 3.8) is 0 Å². The summed E-state index contributed by atoms with van der Waals surface area (Å²) in [6.07, 6.45) is 3.05. The summed E-state index contributed by atoms with van der Waals surface area (Å²) in [5, 5.41) is 14.1. The van der Waals surface area contributed by atoms with Crippen LogP contribution in [0.15, 0.2) is 48.5 Å². The fourth-order valence-electron chi connectivity index (χ4n) is 2.45. The molecule has 0 spiro atoms. The molecule has 28 heavy (non-hydrogen) atoms. The number of hydrogen-bond acceptors (Lipinski definition) is 6. The first kappa shape index (κ1) is 19.0. The molecule has 0 bridgehead atoms. The number of nitrogens with one attached hydrogen (secondary N) is 1. The molecule has 1 N–H and O–H groups in total. The molecule has 144 valence electrons. The molecule has 2 aromatic carbocycles. The van der Waals surface area contributed by atoms with Gasteiger partial charge in [-0.2, -0.15) is 4.68 Å². The molecule has 0 fully saturated rings. The first-order valence-electron chi connectivity index (χ1n) is 8.32. The quantitative estimate of drug-likeness (QED) is 0.629. The van der Waals surface area contributed by atoms with Gasteiger partial charge in [0, 0.05) is 6.08 Å². The van der Waals surface area contributed by atoms with Gasteiger partial charge in [-0.3, -0.25) is 4.79 Å². The lowest BCUT2D eigenvalue weighted by Gasteiger charge is -2.07. The van der Waals surface area contributed by atoms with E-state index in [9.17, 15) is 9.18 Å². The number of carbonyl (C=O) groups excluding carboxylic acids is 1. The Balaban J connectivity index is 1.63. The van der Waals surface area contributed by atoms with E-state index in [-0.39, 0.29) is 18.3 Å². The van der Waals surface area contributed by atoms with Crippen molar-refractivity contribution < 1.29 is 18.7 Å². The number of aromatic nitrogens is 4. The Labute approximate surface area is 160 Å². The average molecular weight is 383 g/mol. The van der Waals surface area contributed by atoms with Gasteiger partial charge in [0.2, 0.25) is 5.91 Å². The van der Waals surface area contributed by atoms with E-state index in [1.54, 1.807) is 50.6 Å². The van der Waals surface area contributed by atoms with Gasteiger partial charge in [0.1, 0.15) is 5.82 Å². The number of methoxy groups -OCH3 is 2. The SMILES string of the molecule is COc1ccc(/C=C\C(=O)NCc2nnnn2-c2ccc(F)cc2)cc1OC. The number of benzene rings is 2. The van der Waals surface area contributed by atoms with E-state index >= 15 is 0 Å². The summed E-state index contributed by atoms with van der Waals surface area (Å²) >= 11 is 0. The molecule has 3 rings (SSSR count). The molecule has 9 heteroatoms. The molecule has 1 amide bonds. The molecule has 0 radical (unpaired) electrons. The lowest BCUT2D eigenvalue weighted by Crippen LogP contribution is -2.22. The fraction of sp³-hybridized carbons (Fsp3) is 0.158. The van der Waals surface area contributed by atoms with Crippen LogP contribution in [0.4, 0.5) is 4.39 Å². The van der Waals surface area contributed by atoms with Crippen LogP contribution in [0.1, 0.15) is 11.4 Å². The molecule has 1 aromatic heterocycles. The number of hydrogen-bond donors (Lipinski definition) is 1. The molecule has 3 aromatic rings. The minimum atomic E-state index is -0.355. The summed E-state index contributed by atoms with van der Waals surface area (Å²) in [5.41, 5.74) is 1.38. The van der Waals surface area contributed by atoms with E-state index in [1.807, 2.05) is 0 Å². The highest BCUT2D eigenvalue weighted by Gasteiger charge is 2.09. The summed E-state index contributed by atoms with van der Waals surface area (Å²) in [4.78, 5) is 12.1. The number of carbonyl (C=O) groups is 1. The van der Waals surface area contributed by atoms with Gasteiger partial charge in [0.15, 0.2) is 17.3 Å². The second-order valence-electron chi connectivity index (χ2n) is 5.65. The summed E-state index contributed by atoms with van der Waals surface area (Å²) in [6.45, 7) is 0.111. The molecule has 0 saturated heterocycles. The third-order valence-electron chi connectivity index (χ3n) is 3.86.